The topological polar surface area (TPSA) is 49.4 Å². The summed E-state index contributed by atoms with van der Waals surface area (Å²) in [5.41, 5.74) is 1.86. The minimum Gasteiger partial charge on any atom is -0.347 e. The molecule has 0 aromatic heterocycles. The van der Waals surface area contributed by atoms with Gasteiger partial charge >= 0.3 is 11.8 Å². The number of carbonyl (C=O) groups excluding carboxylic acids is 2. The van der Waals surface area contributed by atoms with Crippen LogP contribution in [0.4, 0.5) is 4.39 Å². The number of hydrogen-bond donors (Lipinski definition) is 1. The van der Waals surface area contributed by atoms with Gasteiger partial charge in [-0.25, -0.2) is 4.39 Å². The summed E-state index contributed by atoms with van der Waals surface area (Å²) < 4.78 is 12.8. The van der Waals surface area contributed by atoms with Crippen LogP contribution in [0.3, 0.4) is 0 Å². The minimum atomic E-state index is -0.634. The Morgan fingerprint density at radius 1 is 1.00 bits per heavy atom. The van der Waals surface area contributed by atoms with Crippen LogP contribution in [0, 0.1) is 5.82 Å². The van der Waals surface area contributed by atoms with E-state index in [-0.39, 0.29) is 5.82 Å². The summed E-state index contributed by atoms with van der Waals surface area (Å²) in [6.07, 6.45) is 0.543. The molecule has 5 heteroatoms. The third-order valence-electron chi connectivity index (χ3n) is 3.42. The second-order valence-electron chi connectivity index (χ2n) is 5.28. The molecule has 23 heavy (non-hydrogen) atoms. The van der Waals surface area contributed by atoms with E-state index in [1.165, 1.54) is 17.0 Å². The number of amides is 2. The largest absolute Gasteiger partial charge is 0.347 e. The molecular formula is C18H19FN2O2. The van der Waals surface area contributed by atoms with E-state index < -0.39 is 11.8 Å². The summed E-state index contributed by atoms with van der Waals surface area (Å²) in [6, 6.07) is 15.5. The van der Waals surface area contributed by atoms with Crippen LogP contribution in [0.2, 0.25) is 0 Å². The molecule has 4 nitrogen and oxygen atoms in total. The molecule has 0 radical (unpaired) electrons. The molecule has 2 amide bonds. The molecule has 2 aromatic carbocycles. The molecule has 0 heterocycles. The molecule has 0 aliphatic heterocycles. The van der Waals surface area contributed by atoms with Crippen molar-refractivity contribution < 1.29 is 14.0 Å². The zero-order chi connectivity index (χ0) is 16.7. The van der Waals surface area contributed by atoms with E-state index in [0.29, 0.717) is 19.5 Å². The molecule has 0 saturated carbocycles. The molecule has 120 valence electrons. The molecule has 0 spiro atoms. The van der Waals surface area contributed by atoms with Gasteiger partial charge in [-0.05, 0) is 29.7 Å². The van der Waals surface area contributed by atoms with Crippen LogP contribution in [-0.2, 0) is 22.6 Å². The SMILES string of the molecule is CN(Cc1ccccc1)C(=O)C(=O)NCCc1ccc(F)cc1. The van der Waals surface area contributed by atoms with E-state index in [2.05, 4.69) is 5.32 Å². The first-order valence-corrected chi connectivity index (χ1v) is 7.38. The van der Waals surface area contributed by atoms with Crippen LogP contribution >= 0.6 is 0 Å². The van der Waals surface area contributed by atoms with Crippen molar-refractivity contribution in [3.63, 3.8) is 0 Å². The van der Waals surface area contributed by atoms with Gasteiger partial charge < -0.3 is 10.2 Å². The molecule has 0 aliphatic carbocycles. The van der Waals surface area contributed by atoms with Crippen LogP contribution in [-0.4, -0.2) is 30.3 Å². The van der Waals surface area contributed by atoms with Gasteiger partial charge in [-0.2, -0.15) is 0 Å². The Morgan fingerprint density at radius 2 is 1.65 bits per heavy atom. The summed E-state index contributed by atoms with van der Waals surface area (Å²) in [5, 5.41) is 2.59. The van der Waals surface area contributed by atoms with Crippen LogP contribution in [0.15, 0.2) is 54.6 Å². The van der Waals surface area contributed by atoms with Gasteiger partial charge in [-0.1, -0.05) is 42.5 Å². The Labute approximate surface area is 134 Å². The average Bonchev–Trinajstić information content (AvgIpc) is 2.56. The lowest BCUT2D eigenvalue weighted by atomic mass is 10.1. The highest BCUT2D eigenvalue weighted by molar-refractivity contribution is 6.34. The van der Waals surface area contributed by atoms with E-state index in [9.17, 15) is 14.0 Å². The van der Waals surface area contributed by atoms with Crippen molar-refractivity contribution in [3.8, 4) is 0 Å². The lowest BCUT2D eigenvalue weighted by Gasteiger charge is -2.16. The van der Waals surface area contributed by atoms with Crippen LogP contribution in [0.25, 0.3) is 0 Å². The van der Waals surface area contributed by atoms with Crippen molar-refractivity contribution in [2.24, 2.45) is 0 Å². The van der Waals surface area contributed by atoms with E-state index in [4.69, 9.17) is 0 Å². The number of benzene rings is 2. The number of nitrogens with one attached hydrogen (secondary N) is 1. The minimum absolute atomic E-state index is 0.296. The third-order valence-corrected chi connectivity index (χ3v) is 3.42. The fraction of sp³-hybridized carbons (Fsp3) is 0.222. The van der Waals surface area contributed by atoms with E-state index in [1.54, 1.807) is 19.2 Å². The van der Waals surface area contributed by atoms with Crippen molar-refractivity contribution >= 4 is 11.8 Å². The van der Waals surface area contributed by atoms with Gasteiger partial charge in [0.2, 0.25) is 0 Å². The maximum Gasteiger partial charge on any atom is 0.311 e. The zero-order valence-electron chi connectivity index (χ0n) is 13.0. The normalized spacial score (nSPS) is 10.2. The average molecular weight is 314 g/mol. The van der Waals surface area contributed by atoms with Crippen molar-refractivity contribution in [1.82, 2.24) is 10.2 Å². The first-order valence-electron chi connectivity index (χ1n) is 7.38. The fourth-order valence-electron chi connectivity index (χ4n) is 2.15. The predicted molar refractivity (Wildman–Crippen MR) is 86.0 cm³/mol. The molecule has 0 atom stereocenters. The standard InChI is InChI=1S/C18H19FN2O2/c1-21(13-15-5-3-2-4-6-15)18(23)17(22)20-12-11-14-7-9-16(19)10-8-14/h2-10H,11-13H2,1H3,(H,20,22). The maximum atomic E-state index is 12.8. The monoisotopic (exact) mass is 314 g/mol. The van der Waals surface area contributed by atoms with Crippen LogP contribution in [0.1, 0.15) is 11.1 Å². The molecule has 2 aromatic rings. The molecule has 0 unspecified atom stereocenters. The number of hydrogen-bond acceptors (Lipinski definition) is 2. The summed E-state index contributed by atoms with van der Waals surface area (Å²) in [5.74, 6) is -1.51. The lowest BCUT2D eigenvalue weighted by molar-refractivity contribution is -0.145. The highest BCUT2D eigenvalue weighted by atomic mass is 19.1. The van der Waals surface area contributed by atoms with Crippen LogP contribution < -0.4 is 5.32 Å². The number of likely N-dealkylation sites (N-methyl/N-ethyl adjacent to an activating group) is 1. The fourth-order valence-corrected chi connectivity index (χ4v) is 2.15. The van der Waals surface area contributed by atoms with Gasteiger partial charge in [-0.15, -0.1) is 0 Å². The van der Waals surface area contributed by atoms with Crippen molar-refractivity contribution in [1.29, 1.82) is 0 Å². The first-order chi connectivity index (χ1) is 11.1. The van der Waals surface area contributed by atoms with E-state index >= 15 is 0 Å². The number of carbonyl (C=O) groups is 2. The van der Waals surface area contributed by atoms with Gasteiger partial charge in [-0.3, -0.25) is 9.59 Å². The number of halogens is 1. The molecule has 0 fully saturated rings. The van der Waals surface area contributed by atoms with E-state index in [1.807, 2.05) is 30.3 Å². The Kier molecular flexibility index (Phi) is 5.86. The number of rotatable bonds is 5. The van der Waals surface area contributed by atoms with Gasteiger partial charge in [0, 0.05) is 20.1 Å². The molecule has 2 rings (SSSR count). The smallest absolute Gasteiger partial charge is 0.311 e. The third kappa shape index (κ3) is 5.21. The second-order valence-corrected chi connectivity index (χ2v) is 5.28. The summed E-state index contributed by atoms with van der Waals surface area (Å²) in [4.78, 5) is 25.2. The summed E-state index contributed by atoms with van der Waals surface area (Å²) in [6.45, 7) is 0.709. The highest BCUT2D eigenvalue weighted by Gasteiger charge is 2.18. The Balaban J connectivity index is 1.78. The molecule has 0 aliphatic rings. The van der Waals surface area contributed by atoms with Gasteiger partial charge in [0.1, 0.15) is 5.82 Å². The van der Waals surface area contributed by atoms with Crippen molar-refractivity contribution in [2.75, 3.05) is 13.6 Å². The Bertz CT molecular complexity index is 656. The summed E-state index contributed by atoms with van der Waals surface area (Å²) >= 11 is 0. The Hall–Kier alpha value is -2.69. The summed E-state index contributed by atoms with van der Waals surface area (Å²) in [7, 11) is 1.59. The van der Waals surface area contributed by atoms with Crippen molar-refractivity contribution in [2.45, 2.75) is 13.0 Å². The quantitative estimate of drug-likeness (QED) is 0.860. The lowest BCUT2D eigenvalue weighted by Crippen LogP contribution is -2.41. The molecule has 0 saturated heterocycles. The van der Waals surface area contributed by atoms with Gasteiger partial charge in [0.15, 0.2) is 0 Å². The van der Waals surface area contributed by atoms with Crippen molar-refractivity contribution in [3.05, 3.63) is 71.5 Å². The first kappa shape index (κ1) is 16.7. The highest BCUT2D eigenvalue weighted by Crippen LogP contribution is 2.04. The zero-order valence-corrected chi connectivity index (χ0v) is 13.0. The molecule has 1 N–H and O–H groups in total. The Morgan fingerprint density at radius 3 is 2.30 bits per heavy atom. The molecule has 0 bridgehead atoms. The van der Waals surface area contributed by atoms with Gasteiger partial charge in [0.25, 0.3) is 0 Å². The predicted octanol–water partition coefficient (Wildman–Crippen LogP) is 2.14. The molecular weight excluding hydrogens is 295 g/mol. The maximum absolute atomic E-state index is 12.8. The van der Waals surface area contributed by atoms with E-state index in [0.717, 1.165) is 11.1 Å². The van der Waals surface area contributed by atoms with Gasteiger partial charge in [0.05, 0.1) is 0 Å². The van der Waals surface area contributed by atoms with Crippen LogP contribution in [0.5, 0.6) is 0 Å². The number of nitrogens with zero attached hydrogens (tertiary/aromatic N) is 1. The second kappa shape index (κ2) is 8.08.